The van der Waals surface area contributed by atoms with Crippen molar-refractivity contribution in [1.29, 1.82) is 0 Å². The highest BCUT2D eigenvalue weighted by Crippen LogP contribution is 2.18. The van der Waals surface area contributed by atoms with Gasteiger partial charge in [0, 0.05) is 24.9 Å². The van der Waals surface area contributed by atoms with Crippen LogP contribution in [0.5, 0.6) is 0 Å². The molecule has 0 aromatic heterocycles. The zero-order chi connectivity index (χ0) is 15.2. The van der Waals surface area contributed by atoms with Crippen LogP contribution in [-0.4, -0.2) is 44.9 Å². The summed E-state index contributed by atoms with van der Waals surface area (Å²) in [7, 11) is -1.82. The van der Waals surface area contributed by atoms with Crippen LogP contribution in [0.2, 0.25) is 0 Å². The Morgan fingerprint density at radius 3 is 2.65 bits per heavy atom. The van der Waals surface area contributed by atoms with E-state index in [0.717, 1.165) is 16.9 Å². The second-order valence-corrected chi connectivity index (χ2v) is 7.33. The van der Waals surface area contributed by atoms with E-state index in [4.69, 9.17) is 5.73 Å². The van der Waals surface area contributed by atoms with Crippen molar-refractivity contribution in [3.8, 4) is 11.8 Å². The van der Waals surface area contributed by atoms with Crippen LogP contribution in [0, 0.1) is 18.8 Å². The lowest BCUT2D eigenvalue weighted by molar-refractivity contribution is 0.488. The molecular weight excluding hydrogens is 292 g/mol. The van der Waals surface area contributed by atoms with Crippen molar-refractivity contribution in [3.63, 3.8) is 0 Å². The Kier molecular flexibility index (Phi) is 6.56. The van der Waals surface area contributed by atoms with Gasteiger partial charge >= 0.3 is 0 Å². The van der Waals surface area contributed by atoms with Crippen molar-refractivity contribution < 1.29 is 8.42 Å². The van der Waals surface area contributed by atoms with Crippen molar-refractivity contribution in [2.75, 3.05) is 32.1 Å². The summed E-state index contributed by atoms with van der Waals surface area (Å²) in [4.78, 5) is 0.303. The van der Waals surface area contributed by atoms with Gasteiger partial charge < -0.3 is 5.73 Å². The summed E-state index contributed by atoms with van der Waals surface area (Å²) in [6.07, 6.45) is 1.95. The maximum Gasteiger partial charge on any atom is 0.242 e. The molecule has 0 aliphatic heterocycles. The molecule has 0 aliphatic rings. The number of rotatable bonds is 5. The number of benzene rings is 1. The van der Waals surface area contributed by atoms with Crippen LogP contribution in [0.1, 0.15) is 11.1 Å². The van der Waals surface area contributed by atoms with Crippen LogP contribution < -0.4 is 5.73 Å². The standard InChI is InChI=1S/C14H20N2O2S2/c1-12-11-14(7-6-13(12)5-4-8-15)20(17,18)16(2)9-10-19-3/h6-7,11H,8-10,15H2,1-3H3. The molecule has 0 saturated heterocycles. The van der Waals surface area contributed by atoms with Crippen LogP contribution in [0.3, 0.4) is 0 Å². The van der Waals surface area contributed by atoms with Gasteiger partial charge in [-0.15, -0.1) is 0 Å². The summed E-state index contributed by atoms with van der Waals surface area (Å²) in [6, 6.07) is 4.98. The molecule has 0 amide bonds. The summed E-state index contributed by atoms with van der Waals surface area (Å²) in [5.41, 5.74) is 6.98. The monoisotopic (exact) mass is 312 g/mol. The molecule has 1 aromatic rings. The quantitative estimate of drug-likeness (QED) is 0.832. The Bertz CT molecular complexity index is 616. The van der Waals surface area contributed by atoms with Crippen molar-refractivity contribution in [3.05, 3.63) is 29.3 Å². The number of nitrogens with two attached hydrogens (primary N) is 1. The smallest absolute Gasteiger partial charge is 0.242 e. The zero-order valence-electron chi connectivity index (χ0n) is 12.0. The molecule has 110 valence electrons. The van der Waals surface area contributed by atoms with Crippen LogP contribution in [0.15, 0.2) is 23.1 Å². The van der Waals surface area contributed by atoms with Gasteiger partial charge in [-0.05, 0) is 36.9 Å². The second kappa shape index (κ2) is 7.70. The van der Waals surface area contributed by atoms with Gasteiger partial charge in [0.25, 0.3) is 0 Å². The Morgan fingerprint density at radius 2 is 2.10 bits per heavy atom. The largest absolute Gasteiger partial charge is 0.320 e. The minimum absolute atomic E-state index is 0.289. The Labute approximate surface area is 125 Å². The maximum atomic E-state index is 12.4. The maximum absolute atomic E-state index is 12.4. The summed E-state index contributed by atoms with van der Waals surface area (Å²) >= 11 is 1.62. The lowest BCUT2D eigenvalue weighted by Crippen LogP contribution is -2.29. The van der Waals surface area contributed by atoms with Crippen molar-refractivity contribution in [2.45, 2.75) is 11.8 Å². The highest BCUT2D eigenvalue weighted by atomic mass is 32.2. The predicted molar refractivity (Wildman–Crippen MR) is 85.3 cm³/mol. The average Bonchev–Trinajstić information content (AvgIpc) is 2.43. The molecule has 1 rings (SSSR count). The Hall–Kier alpha value is -1.00. The van der Waals surface area contributed by atoms with E-state index in [1.807, 2.05) is 13.2 Å². The van der Waals surface area contributed by atoms with E-state index in [9.17, 15) is 8.42 Å². The van der Waals surface area contributed by atoms with Gasteiger partial charge in [-0.2, -0.15) is 11.8 Å². The van der Waals surface area contributed by atoms with Crippen LogP contribution >= 0.6 is 11.8 Å². The number of aryl methyl sites for hydroxylation is 1. The third-order valence-corrected chi connectivity index (χ3v) is 5.29. The first-order valence-electron chi connectivity index (χ1n) is 6.18. The van der Waals surface area contributed by atoms with Gasteiger partial charge in [0.1, 0.15) is 0 Å². The minimum Gasteiger partial charge on any atom is -0.320 e. The molecule has 0 spiro atoms. The summed E-state index contributed by atoms with van der Waals surface area (Å²) in [5, 5.41) is 0. The predicted octanol–water partition coefficient (Wildman–Crippen LogP) is 1.29. The molecule has 2 N–H and O–H groups in total. The van der Waals surface area contributed by atoms with Gasteiger partial charge in [-0.3, -0.25) is 0 Å². The molecule has 20 heavy (non-hydrogen) atoms. The molecule has 0 unspecified atom stereocenters. The SMILES string of the molecule is CSCCN(C)S(=O)(=O)c1ccc(C#CCN)c(C)c1. The van der Waals surface area contributed by atoms with Gasteiger partial charge in [0.05, 0.1) is 11.4 Å². The van der Waals surface area contributed by atoms with Gasteiger partial charge in [0.2, 0.25) is 10.0 Å². The fourth-order valence-electron chi connectivity index (χ4n) is 1.60. The summed E-state index contributed by atoms with van der Waals surface area (Å²) in [6.45, 7) is 2.63. The molecular formula is C14H20N2O2S2. The number of sulfonamides is 1. The van der Waals surface area contributed by atoms with Gasteiger partial charge in [0.15, 0.2) is 0 Å². The van der Waals surface area contributed by atoms with E-state index in [1.54, 1.807) is 37.0 Å². The second-order valence-electron chi connectivity index (χ2n) is 4.30. The topological polar surface area (TPSA) is 63.4 Å². The first-order chi connectivity index (χ1) is 9.43. The molecule has 0 fully saturated rings. The van der Waals surface area contributed by atoms with Crippen LogP contribution in [-0.2, 0) is 10.0 Å². The van der Waals surface area contributed by atoms with Crippen molar-refractivity contribution >= 4 is 21.8 Å². The third-order valence-electron chi connectivity index (χ3n) is 2.84. The summed E-state index contributed by atoms with van der Waals surface area (Å²) in [5.74, 6) is 6.47. The number of hydrogen-bond donors (Lipinski definition) is 1. The van der Waals surface area contributed by atoms with Crippen LogP contribution in [0.4, 0.5) is 0 Å². The first kappa shape index (κ1) is 17.1. The lowest BCUT2D eigenvalue weighted by Gasteiger charge is -2.17. The molecule has 4 nitrogen and oxygen atoms in total. The van der Waals surface area contributed by atoms with E-state index in [2.05, 4.69) is 11.8 Å². The van der Waals surface area contributed by atoms with E-state index < -0.39 is 10.0 Å². The number of thioether (sulfide) groups is 1. The highest BCUT2D eigenvalue weighted by molar-refractivity contribution is 7.98. The molecule has 0 saturated carbocycles. The third kappa shape index (κ3) is 4.25. The number of hydrogen-bond acceptors (Lipinski definition) is 4. The fraction of sp³-hybridized carbons (Fsp3) is 0.429. The highest BCUT2D eigenvalue weighted by Gasteiger charge is 2.20. The van der Waals surface area contributed by atoms with E-state index in [1.165, 1.54) is 4.31 Å². The Morgan fingerprint density at radius 1 is 1.40 bits per heavy atom. The summed E-state index contributed by atoms with van der Waals surface area (Å²) < 4.78 is 26.1. The molecule has 6 heteroatoms. The van der Waals surface area contributed by atoms with Crippen LogP contribution in [0.25, 0.3) is 0 Å². The fourth-order valence-corrected chi connectivity index (χ4v) is 3.43. The van der Waals surface area contributed by atoms with Gasteiger partial charge in [-0.1, -0.05) is 11.8 Å². The van der Waals surface area contributed by atoms with Crippen molar-refractivity contribution in [1.82, 2.24) is 4.31 Å². The average molecular weight is 312 g/mol. The minimum atomic E-state index is -3.42. The zero-order valence-corrected chi connectivity index (χ0v) is 13.6. The molecule has 0 atom stereocenters. The van der Waals surface area contributed by atoms with Crippen molar-refractivity contribution in [2.24, 2.45) is 5.73 Å². The van der Waals surface area contributed by atoms with E-state index in [-0.39, 0.29) is 6.54 Å². The first-order valence-corrected chi connectivity index (χ1v) is 9.01. The Balaban J connectivity index is 3.05. The molecule has 1 aromatic carbocycles. The molecule has 0 heterocycles. The van der Waals surface area contributed by atoms with E-state index in [0.29, 0.717) is 11.4 Å². The molecule has 0 bridgehead atoms. The van der Waals surface area contributed by atoms with E-state index >= 15 is 0 Å². The normalized spacial score (nSPS) is 11.2. The molecule has 0 radical (unpaired) electrons. The number of nitrogens with zero attached hydrogens (tertiary/aromatic N) is 1. The van der Waals surface area contributed by atoms with Gasteiger partial charge in [-0.25, -0.2) is 12.7 Å². The molecule has 0 aliphatic carbocycles. The lowest BCUT2D eigenvalue weighted by atomic mass is 10.1.